The summed E-state index contributed by atoms with van der Waals surface area (Å²) in [6.07, 6.45) is 3.24. The molecule has 7 nitrogen and oxygen atoms in total. The average Bonchev–Trinajstić information content (AvgIpc) is 2.84. The number of carbonyl (C=O) groups excluding carboxylic acids is 1. The minimum absolute atomic E-state index is 0.00137. The average molecular weight is 306 g/mol. The first kappa shape index (κ1) is 15.7. The maximum atomic E-state index is 12.2. The van der Waals surface area contributed by atoms with Gasteiger partial charge in [0.2, 0.25) is 0 Å². The Morgan fingerprint density at radius 1 is 1.45 bits per heavy atom. The number of carbonyl (C=O) groups is 1. The Morgan fingerprint density at radius 3 is 2.70 bits per heavy atom. The summed E-state index contributed by atoms with van der Waals surface area (Å²) in [6, 6.07) is -0.747. The molecule has 0 aromatic heterocycles. The molecule has 2 rings (SSSR count). The summed E-state index contributed by atoms with van der Waals surface area (Å²) < 4.78 is 32.9. The van der Waals surface area contributed by atoms with Gasteiger partial charge in [-0.3, -0.25) is 4.79 Å². The maximum absolute atomic E-state index is 12.2. The molecular weight excluding hydrogens is 284 g/mol. The molecule has 1 saturated carbocycles. The molecule has 1 atom stereocenters. The van der Waals surface area contributed by atoms with Crippen molar-refractivity contribution in [2.45, 2.75) is 50.7 Å². The Kier molecular flexibility index (Phi) is 4.68. The number of rotatable bonds is 6. The predicted octanol–water partition coefficient (Wildman–Crippen LogP) is -0.237. The molecule has 1 heterocycles. The van der Waals surface area contributed by atoms with E-state index in [-0.39, 0.29) is 13.2 Å². The fourth-order valence-electron chi connectivity index (χ4n) is 2.57. The van der Waals surface area contributed by atoms with Crippen LogP contribution >= 0.6 is 0 Å². The normalized spacial score (nSPS) is 26.2. The van der Waals surface area contributed by atoms with Crippen molar-refractivity contribution in [3.05, 3.63) is 0 Å². The number of aliphatic hydroxyl groups is 1. The van der Waals surface area contributed by atoms with Crippen LogP contribution in [-0.2, 0) is 19.7 Å². The van der Waals surface area contributed by atoms with E-state index >= 15 is 0 Å². The second-order valence-electron chi connectivity index (χ2n) is 5.42. The summed E-state index contributed by atoms with van der Waals surface area (Å²) in [5.41, 5.74) is -0.924. The number of esters is 1. The smallest absolute Gasteiger partial charge is 0.324 e. The van der Waals surface area contributed by atoms with Crippen LogP contribution in [0.15, 0.2) is 0 Å². The minimum Gasteiger partial charge on any atom is -0.465 e. The lowest BCUT2D eigenvalue weighted by molar-refractivity contribution is -0.146. The molecule has 0 spiro atoms. The second kappa shape index (κ2) is 5.97. The highest BCUT2D eigenvalue weighted by Crippen LogP contribution is 2.31. The second-order valence-corrected chi connectivity index (χ2v) is 7.13. The Balaban J connectivity index is 1.98. The van der Waals surface area contributed by atoms with E-state index in [4.69, 9.17) is 4.74 Å². The van der Waals surface area contributed by atoms with Crippen LogP contribution in [0.2, 0.25) is 0 Å². The van der Waals surface area contributed by atoms with E-state index in [1.807, 2.05) is 0 Å². The van der Waals surface area contributed by atoms with Crippen LogP contribution in [0.5, 0.6) is 0 Å². The summed E-state index contributed by atoms with van der Waals surface area (Å²) in [6.45, 7) is 2.23. The Hall–Kier alpha value is -0.700. The van der Waals surface area contributed by atoms with E-state index in [0.29, 0.717) is 32.2 Å². The van der Waals surface area contributed by atoms with Crippen molar-refractivity contribution in [2.24, 2.45) is 0 Å². The lowest BCUT2D eigenvalue weighted by atomic mass is 9.81. The fraction of sp³-hybridized carbons (Fsp3) is 0.917. The van der Waals surface area contributed by atoms with Crippen LogP contribution in [0.1, 0.15) is 39.0 Å². The summed E-state index contributed by atoms with van der Waals surface area (Å²) in [5, 5.41) is 9.94. The van der Waals surface area contributed by atoms with Crippen LogP contribution in [0.3, 0.4) is 0 Å². The third-order valence-electron chi connectivity index (χ3n) is 3.94. The minimum atomic E-state index is -3.76. The third kappa shape index (κ3) is 3.30. The van der Waals surface area contributed by atoms with Gasteiger partial charge in [-0.05, 0) is 39.0 Å². The summed E-state index contributed by atoms with van der Waals surface area (Å²) in [4.78, 5) is 11.8. The molecule has 2 N–H and O–H groups in total. The summed E-state index contributed by atoms with van der Waals surface area (Å²) in [7, 11) is -3.76. The van der Waals surface area contributed by atoms with E-state index in [1.54, 1.807) is 6.92 Å². The number of hydrogen-bond acceptors (Lipinski definition) is 5. The lowest BCUT2D eigenvalue weighted by Gasteiger charge is -2.37. The monoisotopic (exact) mass is 306 g/mol. The van der Waals surface area contributed by atoms with Gasteiger partial charge in [0.15, 0.2) is 0 Å². The molecular formula is C12H22N2O5S. The quantitative estimate of drug-likeness (QED) is 0.661. The molecule has 1 aliphatic carbocycles. The van der Waals surface area contributed by atoms with Crippen molar-refractivity contribution in [3.8, 4) is 0 Å². The molecule has 0 radical (unpaired) electrons. The Morgan fingerprint density at radius 2 is 2.15 bits per heavy atom. The van der Waals surface area contributed by atoms with Gasteiger partial charge >= 0.3 is 5.97 Å². The van der Waals surface area contributed by atoms with Gasteiger partial charge in [-0.25, -0.2) is 0 Å². The highest BCUT2D eigenvalue weighted by molar-refractivity contribution is 7.87. The van der Waals surface area contributed by atoms with Gasteiger partial charge in [0.1, 0.15) is 6.04 Å². The van der Waals surface area contributed by atoms with Gasteiger partial charge in [0.25, 0.3) is 10.2 Å². The van der Waals surface area contributed by atoms with Gasteiger partial charge in [-0.1, -0.05) is 0 Å². The van der Waals surface area contributed by atoms with E-state index < -0.39 is 27.8 Å². The van der Waals surface area contributed by atoms with Gasteiger partial charge in [-0.2, -0.15) is 17.4 Å². The topological polar surface area (TPSA) is 95.9 Å². The van der Waals surface area contributed by atoms with Crippen molar-refractivity contribution in [1.29, 1.82) is 0 Å². The van der Waals surface area contributed by atoms with Crippen molar-refractivity contribution in [1.82, 2.24) is 9.03 Å². The Bertz CT molecular complexity index is 460. The van der Waals surface area contributed by atoms with Gasteiger partial charge < -0.3 is 9.84 Å². The van der Waals surface area contributed by atoms with Crippen molar-refractivity contribution < 1.29 is 23.1 Å². The van der Waals surface area contributed by atoms with Crippen molar-refractivity contribution in [3.63, 3.8) is 0 Å². The molecule has 8 heteroatoms. The third-order valence-corrected chi connectivity index (χ3v) is 5.50. The zero-order valence-corrected chi connectivity index (χ0v) is 12.5. The van der Waals surface area contributed by atoms with Gasteiger partial charge in [0, 0.05) is 13.1 Å². The standard InChI is InChI=1S/C12H22N2O5S/c1-2-19-11(15)10-5-3-8-14(10)20(17,18)13-9-12(16)6-4-7-12/h10,13,16H,2-9H2,1H3. The first-order valence-corrected chi connectivity index (χ1v) is 8.47. The highest BCUT2D eigenvalue weighted by Gasteiger charge is 2.41. The number of ether oxygens (including phenoxy) is 1. The maximum Gasteiger partial charge on any atom is 0.324 e. The molecule has 2 fully saturated rings. The Labute approximate surface area is 119 Å². The number of nitrogens with one attached hydrogen (secondary N) is 1. The van der Waals surface area contributed by atoms with Gasteiger partial charge in [-0.15, -0.1) is 0 Å². The number of hydrogen-bond donors (Lipinski definition) is 2. The molecule has 0 aromatic carbocycles. The largest absolute Gasteiger partial charge is 0.465 e. The van der Waals surface area contributed by atoms with Crippen molar-refractivity contribution >= 4 is 16.2 Å². The van der Waals surface area contributed by atoms with Crippen LogP contribution in [0.25, 0.3) is 0 Å². The molecule has 20 heavy (non-hydrogen) atoms. The molecule has 2 aliphatic rings. The van der Waals surface area contributed by atoms with E-state index in [9.17, 15) is 18.3 Å². The SMILES string of the molecule is CCOC(=O)C1CCCN1S(=O)(=O)NCC1(O)CCC1. The van der Waals surface area contributed by atoms with Crippen LogP contribution in [0, 0.1) is 0 Å². The molecule has 1 aliphatic heterocycles. The van der Waals surface area contributed by atoms with Gasteiger partial charge in [0.05, 0.1) is 12.2 Å². The highest BCUT2D eigenvalue weighted by atomic mass is 32.2. The molecule has 0 aromatic rings. The first-order valence-electron chi connectivity index (χ1n) is 7.03. The van der Waals surface area contributed by atoms with Crippen LogP contribution in [0.4, 0.5) is 0 Å². The molecule has 0 amide bonds. The molecule has 1 saturated heterocycles. The van der Waals surface area contributed by atoms with E-state index in [0.717, 1.165) is 10.7 Å². The predicted molar refractivity (Wildman–Crippen MR) is 72.1 cm³/mol. The summed E-state index contributed by atoms with van der Waals surface area (Å²) >= 11 is 0. The first-order chi connectivity index (χ1) is 9.38. The van der Waals surface area contributed by atoms with Crippen LogP contribution in [-0.4, -0.2) is 55.1 Å². The van der Waals surface area contributed by atoms with Crippen molar-refractivity contribution in [2.75, 3.05) is 19.7 Å². The summed E-state index contributed by atoms with van der Waals surface area (Å²) in [5.74, 6) is -0.502. The zero-order chi connectivity index (χ0) is 14.8. The fourth-order valence-corrected chi connectivity index (χ4v) is 4.08. The molecule has 1 unspecified atom stereocenters. The molecule has 0 bridgehead atoms. The van der Waals surface area contributed by atoms with E-state index in [1.165, 1.54) is 0 Å². The molecule has 116 valence electrons. The number of nitrogens with zero attached hydrogens (tertiary/aromatic N) is 1. The van der Waals surface area contributed by atoms with Crippen LogP contribution < -0.4 is 4.72 Å². The zero-order valence-electron chi connectivity index (χ0n) is 11.7. The lowest BCUT2D eigenvalue weighted by Crippen LogP contribution is -2.53. The van der Waals surface area contributed by atoms with E-state index in [2.05, 4.69) is 4.72 Å².